The van der Waals surface area contributed by atoms with E-state index in [1.807, 2.05) is 0 Å². The zero-order valence-corrected chi connectivity index (χ0v) is 14.6. The Morgan fingerprint density at radius 3 is 2.52 bits per heavy atom. The molecule has 1 fully saturated rings. The Kier molecular flexibility index (Phi) is 6.16. The summed E-state index contributed by atoms with van der Waals surface area (Å²) >= 11 is 1.28. The first-order chi connectivity index (χ1) is 11.9. The first-order valence-corrected chi connectivity index (χ1v) is 8.48. The van der Waals surface area contributed by atoms with E-state index in [4.69, 9.17) is 10.5 Å². The van der Waals surface area contributed by atoms with Crippen LogP contribution in [-0.4, -0.2) is 55.5 Å². The van der Waals surface area contributed by atoms with Gasteiger partial charge in [0.05, 0.1) is 36.3 Å². The topological polar surface area (TPSA) is 116 Å². The molecule has 8 nitrogen and oxygen atoms in total. The summed E-state index contributed by atoms with van der Waals surface area (Å²) in [5.74, 6) is -1.73. The maximum atomic E-state index is 12.6. The molecule has 25 heavy (non-hydrogen) atoms. The van der Waals surface area contributed by atoms with E-state index in [1.54, 1.807) is 0 Å². The number of amides is 2. The van der Waals surface area contributed by atoms with Crippen LogP contribution < -0.4 is 10.6 Å². The van der Waals surface area contributed by atoms with Crippen molar-refractivity contribution in [2.24, 2.45) is 5.73 Å². The fraction of sp³-hybridized carbons (Fsp3) is 0.375. The molecule has 1 aromatic carbocycles. The number of benzene rings is 1. The molecule has 1 unspecified atom stereocenters. The van der Waals surface area contributed by atoms with Gasteiger partial charge in [0, 0.05) is 18.7 Å². The molecule has 9 heteroatoms. The SMILES string of the molecule is COC(=O)c1ccc(C(=O)OC)c(N2C(=O)CC(SCCN)C2=O)c1. The first kappa shape index (κ1) is 18.9. The number of nitrogens with two attached hydrogens (primary N) is 1. The largest absolute Gasteiger partial charge is 0.465 e. The van der Waals surface area contributed by atoms with Crippen LogP contribution in [0.2, 0.25) is 0 Å². The molecule has 0 bridgehead atoms. The third kappa shape index (κ3) is 3.83. The second-order valence-electron chi connectivity index (χ2n) is 5.13. The monoisotopic (exact) mass is 366 g/mol. The van der Waals surface area contributed by atoms with Crippen LogP contribution in [0, 0.1) is 0 Å². The number of hydrogen-bond donors (Lipinski definition) is 1. The Morgan fingerprint density at radius 2 is 1.92 bits per heavy atom. The normalized spacial score (nSPS) is 16.9. The molecule has 0 radical (unpaired) electrons. The number of carbonyl (C=O) groups excluding carboxylic acids is 4. The Labute approximate surface area is 148 Å². The van der Waals surface area contributed by atoms with E-state index in [-0.39, 0.29) is 23.2 Å². The highest BCUT2D eigenvalue weighted by Crippen LogP contribution is 2.32. The van der Waals surface area contributed by atoms with Crippen molar-refractivity contribution < 1.29 is 28.7 Å². The molecule has 2 N–H and O–H groups in total. The highest BCUT2D eigenvalue weighted by Gasteiger charge is 2.41. The third-order valence-corrected chi connectivity index (χ3v) is 4.85. The Morgan fingerprint density at radius 1 is 1.24 bits per heavy atom. The van der Waals surface area contributed by atoms with Crippen LogP contribution in [0.4, 0.5) is 5.69 Å². The van der Waals surface area contributed by atoms with E-state index in [9.17, 15) is 19.2 Å². The lowest BCUT2D eigenvalue weighted by Gasteiger charge is -2.18. The number of carbonyl (C=O) groups is 4. The molecule has 2 amide bonds. The van der Waals surface area contributed by atoms with Crippen LogP contribution >= 0.6 is 11.8 Å². The standard InChI is InChI=1S/C16H18N2O6S/c1-23-15(21)9-3-4-10(16(22)24-2)11(7-9)18-13(19)8-12(14(18)20)25-6-5-17/h3-4,7,12H,5-6,8,17H2,1-2H3. The molecule has 1 aliphatic heterocycles. The average molecular weight is 366 g/mol. The number of anilines is 1. The van der Waals surface area contributed by atoms with Crippen molar-refractivity contribution in [1.82, 2.24) is 0 Å². The van der Waals surface area contributed by atoms with Gasteiger partial charge in [-0.25, -0.2) is 14.5 Å². The lowest BCUT2D eigenvalue weighted by atomic mass is 10.1. The number of nitrogens with zero attached hydrogens (tertiary/aromatic N) is 1. The molecule has 1 atom stereocenters. The minimum atomic E-state index is -0.718. The Bertz CT molecular complexity index is 721. The summed E-state index contributed by atoms with van der Waals surface area (Å²) in [5, 5.41) is -0.566. The fourth-order valence-electron chi connectivity index (χ4n) is 2.44. The Hall–Kier alpha value is -2.39. The van der Waals surface area contributed by atoms with E-state index < -0.39 is 29.0 Å². The van der Waals surface area contributed by atoms with Crippen LogP contribution in [0.5, 0.6) is 0 Å². The summed E-state index contributed by atoms with van der Waals surface area (Å²) in [5.41, 5.74) is 5.58. The molecular formula is C16H18N2O6S. The van der Waals surface area contributed by atoms with Gasteiger partial charge in [-0.05, 0) is 18.2 Å². The summed E-state index contributed by atoms with van der Waals surface area (Å²) in [4.78, 5) is 49.7. The zero-order valence-electron chi connectivity index (χ0n) is 13.8. The third-order valence-electron chi connectivity index (χ3n) is 3.61. The first-order valence-electron chi connectivity index (χ1n) is 7.43. The van der Waals surface area contributed by atoms with Crippen molar-refractivity contribution in [3.63, 3.8) is 0 Å². The van der Waals surface area contributed by atoms with Gasteiger partial charge in [0.2, 0.25) is 11.8 Å². The maximum absolute atomic E-state index is 12.6. The Balaban J connectivity index is 2.47. The minimum Gasteiger partial charge on any atom is -0.465 e. The van der Waals surface area contributed by atoms with Crippen molar-refractivity contribution in [2.75, 3.05) is 31.4 Å². The highest BCUT2D eigenvalue weighted by molar-refractivity contribution is 8.00. The van der Waals surface area contributed by atoms with E-state index in [1.165, 1.54) is 44.2 Å². The molecule has 1 saturated heterocycles. The van der Waals surface area contributed by atoms with Crippen molar-refractivity contribution >= 4 is 41.2 Å². The molecule has 0 spiro atoms. The van der Waals surface area contributed by atoms with Gasteiger partial charge in [-0.1, -0.05) is 0 Å². The summed E-state index contributed by atoms with van der Waals surface area (Å²) in [6.45, 7) is 0.383. The van der Waals surface area contributed by atoms with Gasteiger partial charge in [-0.3, -0.25) is 9.59 Å². The van der Waals surface area contributed by atoms with E-state index in [0.29, 0.717) is 12.3 Å². The molecule has 1 aliphatic rings. The van der Waals surface area contributed by atoms with Crippen LogP contribution in [0.3, 0.4) is 0 Å². The van der Waals surface area contributed by atoms with Gasteiger partial charge in [-0.15, -0.1) is 11.8 Å². The molecule has 0 aromatic heterocycles. The fourth-order valence-corrected chi connectivity index (χ4v) is 3.37. The maximum Gasteiger partial charge on any atom is 0.339 e. The van der Waals surface area contributed by atoms with E-state index in [0.717, 1.165) is 4.90 Å². The molecule has 1 heterocycles. The van der Waals surface area contributed by atoms with Gasteiger partial charge < -0.3 is 15.2 Å². The summed E-state index contributed by atoms with van der Waals surface area (Å²) in [6, 6.07) is 3.98. The van der Waals surface area contributed by atoms with Gasteiger partial charge in [0.1, 0.15) is 0 Å². The van der Waals surface area contributed by atoms with Crippen molar-refractivity contribution in [2.45, 2.75) is 11.7 Å². The molecule has 134 valence electrons. The molecule has 1 aromatic rings. The highest BCUT2D eigenvalue weighted by atomic mass is 32.2. The zero-order chi connectivity index (χ0) is 18.6. The summed E-state index contributed by atoms with van der Waals surface area (Å²) in [7, 11) is 2.40. The average Bonchev–Trinajstić information content (AvgIpc) is 2.91. The predicted molar refractivity (Wildman–Crippen MR) is 91.5 cm³/mol. The van der Waals surface area contributed by atoms with Crippen LogP contribution in [-0.2, 0) is 19.1 Å². The van der Waals surface area contributed by atoms with E-state index >= 15 is 0 Å². The molecular weight excluding hydrogens is 348 g/mol. The lowest BCUT2D eigenvalue weighted by Crippen LogP contribution is -2.33. The second-order valence-corrected chi connectivity index (χ2v) is 6.45. The lowest BCUT2D eigenvalue weighted by molar-refractivity contribution is -0.121. The number of imide groups is 1. The summed E-state index contributed by atoms with van der Waals surface area (Å²) < 4.78 is 9.35. The minimum absolute atomic E-state index is 0.00651. The van der Waals surface area contributed by atoms with E-state index in [2.05, 4.69) is 4.74 Å². The van der Waals surface area contributed by atoms with Gasteiger partial charge in [0.15, 0.2) is 0 Å². The number of esters is 2. The van der Waals surface area contributed by atoms with Crippen LogP contribution in [0.25, 0.3) is 0 Å². The molecule has 2 rings (SSSR count). The quantitative estimate of drug-likeness (QED) is 0.574. The van der Waals surface area contributed by atoms with Crippen molar-refractivity contribution in [3.05, 3.63) is 29.3 Å². The molecule has 0 saturated carbocycles. The second kappa shape index (κ2) is 8.13. The van der Waals surface area contributed by atoms with Gasteiger partial charge >= 0.3 is 11.9 Å². The smallest absolute Gasteiger partial charge is 0.339 e. The van der Waals surface area contributed by atoms with Crippen molar-refractivity contribution in [3.8, 4) is 0 Å². The number of rotatable bonds is 6. The number of ether oxygens (including phenoxy) is 2. The van der Waals surface area contributed by atoms with Crippen molar-refractivity contribution in [1.29, 1.82) is 0 Å². The van der Waals surface area contributed by atoms with Crippen LogP contribution in [0.15, 0.2) is 18.2 Å². The number of methoxy groups -OCH3 is 2. The number of thioether (sulfide) groups is 1. The van der Waals surface area contributed by atoms with Gasteiger partial charge in [0.25, 0.3) is 0 Å². The molecule has 0 aliphatic carbocycles. The summed E-state index contributed by atoms with van der Waals surface area (Å²) in [6.07, 6.45) is 0.00651. The predicted octanol–water partition coefficient (Wildman–Crippen LogP) is 0.584. The van der Waals surface area contributed by atoms with Gasteiger partial charge in [-0.2, -0.15) is 0 Å². The number of hydrogen-bond acceptors (Lipinski definition) is 8. The van der Waals surface area contributed by atoms with Crippen LogP contribution in [0.1, 0.15) is 27.1 Å².